The molecule has 0 spiro atoms. The summed E-state index contributed by atoms with van der Waals surface area (Å²) in [6.07, 6.45) is 3.89. The summed E-state index contributed by atoms with van der Waals surface area (Å²) in [6, 6.07) is 0.294. The molecular formula is C14H29N3O. The lowest BCUT2D eigenvalue weighted by Gasteiger charge is -2.24. The second-order valence-corrected chi connectivity index (χ2v) is 6.36. The van der Waals surface area contributed by atoms with Crippen molar-refractivity contribution in [2.45, 2.75) is 51.6 Å². The van der Waals surface area contributed by atoms with Crippen LogP contribution < -0.4 is 11.1 Å². The smallest absolute Gasteiger partial charge is 0.221 e. The Kier molecular flexibility index (Phi) is 6.09. The van der Waals surface area contributed by atoms with Crippen LogP contribution in [0.1, 0.15) is 39.5 Å². The molecule has 2 unspecified atom stereocenters. The van der Waals surface area contributed by atoms with Crippen molar-refractivity contribution >= 4 is 5.91 Å². The van der Waals surface area contributed by atoms with Gasteiger partial charge in [0, 0.05) is 25.0 Å². The fourth-order valence-electron chi connectivity index (χ4n) is 2.38. The number of nitrogens with two attached hydrogens (primary N) is 1. The molecule has 0 bridgehead atoms. The zero-order valence-corrected chi connectivity index (χ0v) is 12.3. The average Bonchev–Trinajstić information content (AvgIpc) is 2.96. The maximum atomic E-state index is 11.9. The first-order valence-corrected chi connectivity index (χ1v) is 7.08. The van der Waals surface area contributed by atoms with Crippen LogP contribution in [0.25, 0.3) is 0 Å². The fraction of sp³-hybridized carbons (Fsp3) is 0.929. The van der Waals surface area contributed by atoms with Gasteiger partial charge in [-0.15, -0.1) is 0 Å². The van der Waals surface area contributed by atoms with E-state index in [1.807, 2.05) is 14.1 Å². The van der Waals surface area contributed by atoms with E-state index < -0.39 is 0 Å². The molecule has 4 heteroatoms. The minimum Gasteiger partial charge on any atom is -0.352 e. The standard InChI is InChI=1S/C14H29N3O/c1-10(2)7-12(9-17(3)4)16-14(18)8-13(15)11-5-6-11/h10-13H,5-9,15H2,1-4H3,(H,16,18). The number of likely N-dealkylation sites (N-methyl/N-ethyl adjacent to an activating group) is 1. The Labute approximate surface area is 111 Å². The summed E-state index contributed by atoms with van der Waals surface area (Å²) < 4.78 is 0. The molecule has 0 aromatic heterocycles. The summed E-state index contributed by atoms with van der Waals surface area (Å²) in [7, 11) is 4.07. The predicted octanol–water partition coefficient (Wildman–Crippen LogP) is 1.21. The molecule has 3 N–H and O–H groups in total. The minimum absolute atomic E-state index is 0.0593. The Balaban J connectivity index is 2.35. The highest BCUT2D eigenvalue weighted by atomic mass is 16.1. The van der Waals surface area contributed by atoms with E-state index in [9.17, 15) is 4.79 Å². The largest absolute Gasteiger partial charge is 0.352 e. The average molecular weight is 255 g/mol. The maximum Gasteiger partial charge on any atom is 0.221 e. The minimum atomic E-state index is 0.0593. The van der Waals surface area contributed by atoms with E-state index in [0.717, 1.165) is 13.0 Å². The highest BCUT2D eigenvalue weighted by Gasteiger charge is 2.30. The first-order valence-electron chi connectivity index (χ1n) is 7.08. The third-order valence-corrected chi connectivity index (χ3v) is 3.36. The molecule has 1 amide bonds. The second-order valence-electron chi connectivity index (χ2n) is 6.36. The Morgan fingerprint density at radius 1 is 1.39 bits per heavy atom. The lowest BCUT2D eigenvalue weighted by molar-refractivity contribution is -0.122. The molecule has 1 fully saturated rings. The molecule has 1 aliphatic rings. The van der Waals surface area contributed by atoms with Crippen LogP contribution in [-0.4, -0.2) is 43.5 Å². The zero-order chi connectivity index (χ0) is 13.7. The number of rotatable bonds is 8. The number of carbonyl (C=O) groups is 1. The van der Waals surface area contributed by atoms with E-state index in [4.69, 9.17) is 5.73 Å². The zero-order valence-electron chi connectivity index (χ0n) is 12.3. The molecule has 0 radical (unpaired) electrons. The molecular weight excluding hydrogens is 226 g/mol. The summed E-state index contributed by atoms with van der Waals surface area (Å²) in [4.78, 5) is 14.1. The molecule has 0 aromatic rings. The second kappa shape index (κ2) is 7.10. The van der Waals surface area contributed by atoms with Crippen molar-refractivity contribution in [2.75, 3.05) is 20.6 Å². The number of nitrogens with zero attached hydrogens (tertiary/aromatic N) is 1. The van der Waals surface area contributed by atoms with Gasteiger partial charge in [0.05, 0.1) is 0 Å². The molecule has 1 aliphatic carbocycles. The molecule has 106 valence electrons. The first-order chi connectivity index (χ1) is 8.38. The SMILES string of the molecule is CC(C)CC(CN(C)C)NC(=O)CC(N)C1CC1. The van der Waals surface area contributed by atoms with E-state index in [1.165, 1.54) is 12.8 Å². The Bertz CT molecular complexity index is 252. The molecule has 2 atom stereocenters. The highest BCUT2D eigenvalue weighted by molar-refractivity contribution is 5.77. The summed E-state index contributed by atoms with van der Waals surface area (Å²) in [6.45, 7) is 5.26. The van der Waals surface area contributed by atoms with E-state index in [1.54, 1.807) is 0 Å². The van der Waals surface area contributed by atoms with Crippen LogP contribution in [0.3, 0.4) is 0 Å². The van der Waals surface area contributed by atoms with Crippen LogP contribution in [0.5, 0.6) is 0 Å². The number of amides is 1. The van der Waals surface area contributed by atoms with Crippen LogP contribution in [0.15, 0.2) is 0 Å². The van der Waals surface area contributed by atoms with E-state index in [0.29, 0.717) is 18.3 Å². The Morgan fingerprint density at radius 3 is 2.44 bits per heavy atom. The van der Waals surface area contributed by atoms with Crippen LogP contribution in [0, 0.1) is 11.8 Å². The highest BCUT2D eigenvalue weighted by Crippen LogP contribution is 2.32. The summed E-state index contributed by atoms with van der Waals surface area (Å²) in [5.74, 6) is 1.29. The monoisotopic (exact) mass is 255 g/mol. The van der Waals surface area contributed by atoms with Crippen LogP contribution in [0.4, 0.5) is 0 Å². The lowest BCUT2D eigenvalue weighted by atomic mass is 10.0. The molecule has 0 heterocycles. The van der Waals surface area contributed by atoms with Crippen LogP contribution in [-0.2, 0) is 4.79 Å². The van der Waals surface area contributed by atoms with E-state index >= 15 is 0 Å². The van der Waals surface area contributed by atoms with Crippen LogP contribution >= 0.6 is 0 Å². The third kappa shape index (κ3) is 6.36. The third-order valence-electron chi connectivity index (χ3n) is 3.36. The summed E-state index contributed by atoms with van der Waals surface area (Å²) >= 11 is 0. The molecule has 1 rings (SSSR count). The van der Waals surface area contributed by atoms with Gasteiger partial charge in [-0.25, -0.2) is 0 Å². The number of hydrogen-bond acceptors (Lipinski definition) is 3. The van der Waals surface area contributed by atoms with Gasteiger partial charge in [0.2, 0.25) is 5.91 Å². The molecule has 0 saturated heterocycles. The molecule has 0 aliphatic heterocycles. The lowest BCUT2D eigenvalue weighted by Crippen LogP contribution is -2.44. The van der Waals surface area contributed by atoms with Gasteiger partial charge >= 0.3 is 0 Å². The Morgan fingerprint density at radius 2 is 2.00 bits per heavy atom. The van der Waals surface area contributed by atoms with Crippen molar-refractivity contribution in [3.8, 4) is 0 Å². The topological polar surface area (TPSA) is 58.4 Å². The molecule has 0 aromatic carbocycles. The fourth-order valence-corrected chi connectivity index (χ4v) is 2.38. The van der Waals surface area contributed by atoms with Crippen molar-refractivity contribution in [3.05, 3.63) is 0 Å². The quantitative estimate of drug-likeness (QED) is 0.685. The predicted molar refractivity (Wildman–Crippen MR) is 75.3 cm³/mol. The molecule has 4 nitrogen and oxygen atoms in total. The Hall–Kier alpha value is -0.610. The van der Waals surface area contributed by atoms with Gasteiger partial charge in [-0.2, -0.15) is 0 Å². The van der Waals surface area contributed by atoms with Crippen molar-refractivity contribution < 1.29 is 4.79 Å². The van der Waals surface area contributed by atoms with Crippen molar-refractivity contribution in [2.24, 2.45) is 17.6 Å². The van der Waals surface area contributed by atoms with Gasteiger partial charge in [-0.3, -0.25) is 4.79 Å². The van der Waals surface area contributed by atoms with Crippen LogP contribution in [0.2, 0.25) is 0 Å². The van der Waals surface area contributed by atoms with Gasteiger partial charge in [-0.05, 0) is 45.2 Å². The first kappa shape index (κ1) is 15.4. The number of carbonyl (C=O) groups excluding carboxylic acids is 1. The number of hydrogen-bond donors (Lipinski definition) is 2. The van der Waals surface area contributed by atoms with Gasteiger partial charge in [0.25, 0.3) is 0 Å². The summed E-state index contributed by atoms with van der Waals surface area (Å²) in [5, 5.41) is 3.13. The van der Waals surface area contributed by atoms with Gasteiger partial charge in [0.15, 0.2) is 0 Å². The number of nitrogens with one attached hydrogen (secondary N) is 1. The van der Waals surface area contributed by atoms with Crippen molar-refractivity contribution in [1.29, 1.82) is 0 Å². The summed E-state index contributed by atoms with van der Waals surface area (Å²) in [5.41, 5.74) is 5.99. The van der Waals surface area contributed by atoms with Gasteiger partial charge in [0.1, 0.15) is 0 Å². The van der Waals surface area contributed by atoms with E-state index in [2.05, 4.69) is 24.1 Å². The van der Waals surface area contributed by atoms with E-state index in [-0.39, 0.29) is 18.0 Å². The van der Waals surface area contributed by atoms with Crippen molar-refractivity contribution in [3.63, 3.8) is 0 Å². The van der Waals surface area contributed by atoms with Crippen molar-refractivity contribution in [1.82, 2.24) is 10.2 Å². The molecule has 18 heavy (non-hydrogen) atoms. The molecule has 1 saturated carbocycles. The maximum absolute atomic E-state index is 11.9. The van der Waals surface area contributed by atoms with Gasteiger partial charge in [-0.1, -0.05) is 13.8 Å². The normalized spacial score (nSPS) is 19.1. The van der Waals surface area contributed by atoms with Gasteiger partial charge < -0.3 is 16.0 Å².